The molecule has 2 N–H and O–H groups in total. The smallest absolute Gasteiger partial charge is 0.304 e. The number of carboxylic acid groups (broad SMARTS) is 1. The quantitative estimate of drug-likeness (QED) is 0.637. The maximum absolute atomic E-state index is 11.5. The summed E-state index contributed by atoms with van der Waals surface area (Å²) in [7, 11) is -2.07. The van der Waals surface area contributed by atoms with Crippen LogP contribution in [0.25, 0.3) is 0 Å². The van der Waals surface area contributed by atoms with E-state index in [-0.39, 0.29) is 18.6 Å². The third-order valence-corrected chi connectivity index (χ3v) is 3.47. The van der Waals surface area contributed by atoms with Crippen molar-refractivity contribution in [3.8, 4) is 0 Å². The summed E-state index contributed by atoms with van der Waals surface area (Å²) in [5.41, 5.74) is 0. The average Bonchev–Trinajstić information content (AvgIpc) is 2.14. The van der Waals surface area contributed by atoms with Gasteiger partial charge in [-0.15, -0.1) is 0 Å². The Kier molecular flexibility index (Phi) is 6.54. The lowest BCUT2D eigenvalue weighted by molar-refractivity contribution is -0.136. The minimum absolute atomic E-state index is 0.0829. The van der Waals surface area contributed by atoms with Gasteiger partial charge in [-0.05, 0) is 5.92 Å². The van der Waals surface area contributed by atoms with E-state index in [2.05, 4.69) is 4.72 Å². The molecule has 0 spiro atoms. The van der Waals surface area contributed by atoms with Gasteiger partial charge in [-0.1, -0.05) is 13.8 Å². The van der Waals surface area contributed by atoms with E-state index < -0.39 is 28.2 Å². The highest BCUT2D eigenvalue weighted by Gasteiger charge is 2.21. The first-order valence-electron chi connectivity index (χ1n) is 4.99. The number of hydrogen-bond acceptors (Lipinski definition) is 4. The third-order valence-electron chi connectivity index (χ3n) is 2.07. The Morgan fingerprint density at radius 3 is 2.38 bits per heavy atom. The molecule has 1 unspecified atom stereocenters. The highest BCUT2D eigenvalue weighted by atomic mass is 32.2. The molecule has 0 aromatic heterocycles. The number of ether oxygens (including phenoxy) is 1. The monoisotopic (exact) mass is 253 g/mol. The average molecular weight is 253 g/mol. The number of aliphatic carboxylic acids is 1. The fourth-order valence-electron chi connectivity index (χ4n) is 1.05. The molecule has 0 radical (unpaired) electrons. The number of carboxylic acids is 1. The van der Waals surface area contributed by atoms with Crippen molar-refractivity contribution in [2.24, 2.45) is 5.92 Å². The van der Waals surface area contributed by atoms with Gasteiger partial charge in [0, 0.05) is 13.2 Å². The maximum atomic E-state index is 11.5. The lowest BCUT2D eigenvalue weighted by Gasteiger charge is -2.21. The van der Waals surface area contributed by atoms with E-state index in [1.54, 1.807) is 0 Å². The molecule has 0 amide bonds. The van der Waals surface area contributed by atoms with Crippen LogP contribution in [0.15, 0.2) is 0 Å². The summed E-state index contributed by atoms with van der Waals surface area (Å²) in [6, 6.07) is -0.330. The van der Waals surface area contributed by atoms with Crippen molar-refractivity contribution in [1.29, 1.82) is 0 Å². The first-order valence-corrected chi connectivity index (χ1v) is 6.64. The summed E-state index contributed by atoms with van der Waals surface area (Å²) in [6.07, 6.45) is -0.396. The summed E-state index contributed by atoms with van der Waals surface area (Å²) >= 11 is 0. The number of rotatable bonds is 8. The molecule has 16 heavy (non-hydrogen) atoms. The topological polar surface area (TPSA) is 92.7 Å². The SMILES string of the molecule is COCC(NS(=O)(=O)CCC(=O)O)C(C)C. The number of methoxy groups -OCH3 is 1. The highest BCUT2D eigenvalue weighted by Crippen LogP contribution is 2.04. The first-order chi connectivity index (χ1) is 7.28. The lowest BCUT2D eigenvalue weighted by atomic mass is 10.1. The molecule has 0 saturated carbocycles. The minimum Gasteiger partial charge on any atom is -0.481 e. The molecule has 0 rings (SSSR count). The van der Waals surface area contributed by atoms with Crippen molar-refractivity contribution in [3.63, 3.8) is 0 Å². The summed E-state index contributed by atoms with van der Waals surface area (Å²) in [5.74, 6) is -1.45. The third kappa shape index (κ3) is 6.76. The molecule has 96 valence electrons. The van der Waals surface area contributed by atoms with Gasteiger partial charge >= 0.3 is 5.97 Å². The van der Waals surface area contributed by atoms with Crippen molar-refractivity contribution in [2.45, 2.75) is 26.3 Å². The molecule has 0 aliphatic carbocycles. The van der Waals surface area contributed by atoms with Crippen LogP contribution in [0, 0.1) is 5.92 Å². The highest BCUT2D eigenvalue weighted by molar-refractivity contribution is 7.89. The zero-order valence-electron chi connectivity index (χ0n) is 9.76. The molecule has 6 nitrogen and oxygen atoms in total. The van der Waals surface area contributed by atoms with Crippen LogP contribution >= 0.6 is 0 Å². The Bertz CT molecular complexity index is 312. The van der Waals surface area contributed by atoms with Crippen molar-refractivity contribution < 1.29 is 23.1 Å². The Morgan fingerprint density at radius 1 is 1.44 bits per heavy atom. The lowest BCUT2D eigenvalue weighted by Crippen LogP contribution is -2.42. The van der Waals surface area contributed by atoms with Gasteiger partial charge in [0.1, 0.15) is 0 Å². The van der Waals surface area contributed by atoms with E-state index in [9.17, 15) is 13.2 Å². The van der Waals surface area contributed by atoms with Crippen LogP contribution in [0.4, 0.5) is 0 Å². The van der Waals surface area contributed by atoms with Crippen LogP contribution in [0.5, 0.6) is 0 Å². The van der Waals surface area contributed by atoms with Crippen LogP contribution in [0.3, 0.4) is 0 Å². The normalized spacial score (nSPS) is 14.0. The number of sulfonamides is 1. The first kappa shape index (κ1) is 15.3. The largest absolute Gasteiger partial charge is 0.481 e. The molecule has 0 fully saturated rings. The molecule has 7 heteroatoms. The molecule has 1 atom stereocenters. The van der Waals surface area contributed by atoms with Gasteiger partial charge in [-0.25, -0.2) is 13.1 Å². The fourth-order valence-corrected chi connectivity index (χ4v) is 2.42. The van der Waals surface area contributed by atoms with E-state index in [1.165, 1.54) is 7.11 Å². The fraction of sp³-hybridized carbons (Fsp3) is 0.889. The summed E-state index contributed by atoms with van der Waals surface area (Å²) in [5, 5.41) is 8.41. The number of carbonyl (C=O) groups is 1. The van der Waals surface area contributed by atoms with Gasteiger partial charge in [-0.2, -0.15) is 0 Å². The standard InChI is InChI=1S/C9H19NO5S/c1-7(2)8(6-15-3)10-16(13,14)5-4-9(11)12/h7-8,10H,4-6H2,1-3H3,(H,11,12). The summed E-state index contributed by atoms with van der Waals surface area (Å²) in [4.78, 5) is 10.3. The predicted octanol–water partition coefficient (Wildman–Crippen LogP) is 0.0515. The number of hydrogen-bond donors (Lipinski definition) is 2. The minimum atomic E-state index is -3.55. The summed E-state index contributed by atoms with van der Waals surface area (Å²) < 4.78 is 30.3. The Hall–Kier alpha value is -0.660. The van der Waals surface area contributed by atoms with E-state index in [0.29, 0.717) is 0 Å². The second-order valence-electron chi connectivity index (χ2n) is 3.89. The Morgan fingerprint density at radius 2 is 2.00 bits per heavy atom. The van der Waals surface area contributed by atoms with Crippen LogP contribution < -0.4 is 4.72 Å². The van der Waals surface area contributed by atoms with Crippen LogP contribution in [0.2, 0.25) is 0 Å². The van der Waals surface area contributed by atoms with E-state index in [1.807, 2.05) is 13.8 Å². The zero-order valence-corrected chi connectivity index (χ0v) is 10.6. The molecule has 0 aromatic rings. The van der Waals surface area contributed by atoms with Gasteiger partial charge in [0.15, 0.2) is 0 Å². The molecule has 0 heterocycles. The summed E-state index contributed by atoms with van der Waals surface area (Å²) in [6.45, 7) is 4.00. The van der Waals surface area contributed by atoms with Gasteiger partial charge in [0.05, 0.1) is 18.8 Å². The maximum Gasteiger partial charge on any atom is 0.304 e. The van der Waals surface area contributed by atoms with Crippen molar-refractivity contribution in [3.05, 3.63) is 0 Å². The molecule has 0 saturated heterocycles. The molecular weight excluding hydrogens is 234 g/mol. The van der Waals surface area contributed by atoms with Crippen molar-refractivity contribution >= 4 is 16.0 Å². The van der Waals surface area contributed by atoms with E-state index >= 15 is 0 Å². The van der Waals surface area contributed by atoms with Gasteiger partial charge < -0.3 is 9.84 Å². The second-order valence-corrected chi connectivity index (χ2v) is 5.76. The van der Waals surface area contributed by atoms with Gasteiger partial charge in [-0.3, -0.25) is 4.79 Å². The zero-order chi connectivity index (χ0) is 12.8. The van der Waals surface area contributed by atoms with Crippen molar-refractivity contribution in [1.82, 2.24) is 4.72 Å². The molecular formula is C9H19NO5S. The van der Waals surface area contributed by atoms with Gasteiger partial charge in [0.25, 0.3) is 0 Å². The van der Waals surface area contributed by atoms with E-state index in [0.717, 1.165) is 0 Å². The van der Waals surface area contributed by atoms with E-state index in [4.69, 9.17) is 9.84 Å². The Balaban J connectivity index is 4.36. The molecule has 0 aromatic carbocycles. The van der Waals surface area contributed by atoms with Crippen LogP contribution in [0.1, 0.15) is 20.3 Å². The second kappa shape index (κ2) is 6.82. The Labute approximate surface area is 96.0 Å². The van der Waals surface area contributed by atoms with Crippen molar-refractivity contribution in [2.75, 3.05) is 19.5 Å². The predicted molar refractivity (Wildman–Crippen MR) is 59.7 cm³/mol. The molecule has 0 bridgehead atoms. The molecule has 0 aliphatic heterocycles. The van der Waals surface area contributed by atoms with Crippen LogP contribution in [-0.2, 0) is 19.6 Å². The van der Waals surface area contributed by atoms with Crippen LogP contribution in [-0.4, -0.2) is 45.0 Å². The van der Waals surface area contributed by atoms with Gasteiger partial charge in [0.2, 0.25) is 10.0 Å². The molecule has 0 aliphatic rings. The number of nitrogens with one attached hydrogen (secondary N) is 1.